The number of carbonyl (C=O) groups is 1. The summed E-state index contributed by atoms with van der Waals surface area (Å²) in [5.41, 5.74) is -0.159. The van der Waals surface area contributed by atoms with Gasteiger partial charge >= 0.3 is 0 Å². The number of methoxy groups -OCH3 is 1. The molecule has 0 radical (unpaired) electrons. The molecule has 2 atom stereocenters. The molecule has 0 spiro atoms. The Kier molecular flexibility index (Phi) is 5.42. The minimum absolute atomic E-state index is 0.0105. The zero-order valence-electron chi connectivity index (χ0n) is 15.3. The fourth-order valence-electron chi connectivity index (χ4n) is 3.66. The van der Waals surface area contributed by atoms with Gasteiger partial charge in [0.25, 0.3) is 0 Å². The van der Waals surface area contributed by atoms with Crippen molar-refractivity contribution in [2.75, 3.05) is 31.7 Å². The van der Waals surface area contributed by atoms with Crippen LogP contribution in [0.2, 0.25) is 0 Å². The minimum atomic E-state index is -0.159. The predicted octanol–water partition coefficient (Wildman–Crippen LogP) is 1.78. The quantitative estimate of drug-likeness (QED) is 0.894. The van der Waals surface area contributed by atoms with E-state index in [1.807, 2.05) is 6.07 Å². The van der Waals surface area contributed by atoms with E-state index in [0.29, 0.717) is 19.0 Å². The number of amides is 1. The monoisotopic (exact) mass is 348 g/mol. The molecule has 138 valence electrons. The molecule has 3 rings (SSSR count). The summed E-state index contributed by atoms with van der Waals surface area (Å²) >= 11 is 0. The van der Waals surface area contributed by atoms with Crippen molar-refractivity contribution in [2.24, 2.45) is 5.92 Å². The highest BCUT2D eigenvalue weighted by Gasteiger charge is 2.32. The predicted molar refractivity (Wildman–Crippen MR) is 94.7 cm³/mol. The molecular weight excluding hydrogens is 320 g/mol. The third-order valence-corrected chi connectivity index (χ3v) is 4.99. The summed E-state index contributed by atoms with van der Waals surface area (Å²) in [6, 6.07) is 3.90. The first-order valence-corrected chi connectivity index (χ1v) is 9.04. The molecule has 1 amide bonds. The largest absolute Gasteiger partial charge is 0.480 e. The van der Waals surface area contributed by atoms with E-state index in [0.717, 1.165) is 38.0 Å². The van der Waals surface area contributed by atoms with Crippen LogP contribution in [0.4, 0.5) is 5.82 Å². The van der Waals surface area contributed by atoms with E-state index < -0.39 is 0 Å². The van der Waals surface area contributed by atoms with Crippen LogP contribution in [0.5, 0.6) is 5.88 Å². The number of hydrogen-bond donors (Lipinski definition) is 1. The highest BCUT2D eigenvalue weighted by molar-refractivity contribution is 5.79. The van der Waals surface area contributed by atoms with Crippen LogP contribution in [0.1, 0.15) is 39.5 Å². The van der Waals surface area contributed by atoms with Gasteiger partial charge in [0.1, 0.15) is 0 Å². The Labute approximate surface area is 149 Å². The molecule has 2 fully saturated rings. The zero-order valence-corrected chi connectivity index (χ0v) is 15.3. The van der Waals surface area contributed by atoms with Crippen LogP contribution in [0, 0.1) is 5.92 Å². The van der Waals surface area contributed by atoms with Crippen LogP contribution < -0.4 is 15.0 Å². The van der Waals surface area contributed by atoms with Crippen molar-refractivity contribution < 1.29 is 14.3 Å². The Balaban J connectivity index is 1.57. The molecule has 0 unspecified atom stereocenters. The summed E-state index contributed by atoms with van der Waals surface area (Å²) in [6.07, 6.45) is 3.64. The van der Waals surface area contributed by atoms with Crippen molar-refractivity contribution in [3.05, 3.63) is 12.1 Å². The molecule has 0 aromatic carbocycles. The average Bonchev–Trinajstić information content (AvgIpc) is 2.61. The maximum Gasteiger partial charge on any atom is 0.233 e. The number of nitrogens with zero attached hydrogens (tertiary/aromatic N) is 3. The maximum atomic E-state index is 12.7. The van der Waals surface area contributed by atoms with Gasteiger partial charge in [-0.15, -0.1) is 10.2 Å². The van der Waals surface area contributed by atoms with Crippen LogP contribution in [-0.4, -0.2) is 54.6 Å². The lowest BCUT2D eigenvalue weighted by molar-refractivity contribution is -0.128. The lowest BCUT2D eigenvalue weighted by atomic mass is 9.92. The van der Waals surface area contributed by atoms with E-state index in [2.05, 4.69) is 34.3 Å². The van der Waals surface area contributed by atoms with Gasteiger partial charge in [-0.1, -0.05) is 0 Å². The van der Waals surface area contributed by atoms with Crippen LogP contribution in [0.25, 0.3) is 0 Å². The topological polar surface area (TPSA) is 76.6 Å². The number of hydrogen-bond acceptors (Lipinski definition) is 6. The van der Waals surface area contributed by atoms with Crippen molar-refractivity contribution in [3.8, 4) is 5.88 Å². The lowest BCUT2D eigenvalue weighted by Crippen LogP contribution is -2.50. The second kappa shape index (κ2) is 7.56. The van der Waals surface area contributed by atoms with Crippen LogP contribution in [0.3, 0.4) is 0 Å². The van der Waals surface area contributed by atoms with Gasteiger partial charge in [-0.3, -0.25) is 4.79 Å². The average molecular weight is 348 g/mol. The smallest absolute Gasteiger partial charge is 0.233 e. The number of anilines is 1. The molecule has 1 N–H and O–H groups in total. The number of nitrogens with one attached hydrogen (secondary N) is 1. The Morgan fingerprint density at radius 1 is 1.36 bits per heavy atom. The highest BCUT2D eigenvalue weighted by Crippen LogP contribution is 2.26. The summed E-state index contributed by atoms with van der Waals surface area (Å²) < 4.78 is 10.8. The van der Waals surface area contributed by atoms with Crippen molar-refractivity contribution in [1.29, 1.82) is 0 Å². The third kappa shape index (κ3) is 4.60. The maximum absolute atomic E-state index is 12.7. The molecule has 2 aliphatic rings. The van der Waals surface area contributed by atoms with Crippen molar-refractivity contribution in [3.63, 3.8) is 0 Å². The van der Waals surface area contributed by atoms with Gasteiger partial charge in [0, 0.05) is 31.8 Å². The Morgan fingerprint density at radius 3 is 2.88 bits per heavy atom. The van der Waals surface area contributed by atoms with E-state index in [1.54, 1.807) is 13.2 Å². The molecule has 0 saturated carbocycles. The van der Waals surface area contributed by atoms with E-state index >= 15 is 0 Å². The summed E-state index contributed by atoms with van der Waals surface area (Å²) in [6.45, 7) is 6.44. The molecule has 25 heavy (non-hydrogen) atoms. The summed E-state index contributed by atoms with van der Waals surface area (Å²) in [7, 11) is 1.57. The zero-order chi connectivity index (χ0) is 17.9. The van der Waals surface area contributed by atoms with Gasteiger partial charge in [0.2, 0.25) is 11.8 Å². The second-order valence-electron chi connectivity index (χ2n) is 7.53. The standard InChI is InChI=1S/C18H28N4O3/c1-18(2)11-14(8-10-25-18)19-17(23)13-5-4-9-22(12-13)15-6-7-16(24-3)21-20-15/h6-7,13-14H,4-5,8-12H2,1-3H3,(H,19,23)/t13-,14-/m0/s1. The first-order chi connectivity index (χ1) is 12.0. The Morgan fingerprint density at radius 2 is 2.20 bits per heavy atom. The van der Waals surface area contributed by atoms with Gasteiger partial charge in [0.05, 0.1) is 18.6 Å². The molecule has 3 heterocycles. The Hall–Kier alpha value is -1.89. The summed E-state index contributed by atoms with van der Waals surface area (Å²) in [5.74, 6) is 1.43. The molecule has 0 bridgehead atoms. The van der Waals surface area contributed by atoms with Gasteiger partial charge in [-0.25, -0.2) is 0 Å². The van der Waals surface area contributed by atoms with Crippen LogP contribution >= 0.6 is 0 Å². The first kappa shape index (κ1) is 17.9. The molecule has 1 aromatic heterocycles. The number of carbonyl (C=O) groups excluding carboxylic acids is 1. The molecular formula is C18H28N4O3. The molecule has 0 aliphatic carbocycles. The van der Waals surface area contributed by atoms with Crippen molar-refractivity contribution in [1.82, 2.24) is 15.5 Å². The van der Waals surface area contributed by atoms with Crippen molar-refractivity contribution in [2.45, 2.75) is 51.2 Å². The van der Waals surface area contributed by atoms with Gasteiger partial charge in [0.15, 0.2) is 5.82 Å². The SMILES string of the molecule is COc1ccc(N2CCC[C@H](C(=O)N[C@H]3CCOC(C)(C)C3)C2)nn1. The van der Waals surface area contributed by atoms with E-state index in [1.165, 1.54) is 0 Å². The van der Waals surface area contributed by atoms with Gasteiger partial charge in [-0.05, 0) is 45.6 Å². The van der Waals surface area contributed by atoms with Crippen LogP contribution in [0.15, 0.2) is 12.1 Å². The number of ether oxygens (including phenoxy) is 2. The normalized spacial score (nSPS) is 26.1. The fourth-order valence-corrected chi connectivity index (χ4v) is 3.66. The third-order valence-electron chi connectivity index (χ3n) is 4.99. The van der Waals surface area contributed by atoms with Crippen LogP contribution in [-0.2, 0) is 9.53 Å². The lowest BCUT2D eigenvalue weighted by Gasteiger charge is -2.37. The molecule has 1 aromatic rings. The summed E-state index contributed by atoms with van der Waals surface area (Å²) in [5, 5.41) is 11.5. The second-order valence-corrected chi connectivity index (χ2v) is 7.53. The minimum Gasteiger partial charge on any atom is -0.480 e. The van der Waals surface area contributed by atoms with E-state index in [4.69, 9.17) is 9.47 Å². The highest BCUT2D eigenvalue weighted by atomic mass is 16.5. The first-order valence-electron chi connectivity index (χ1n) is 9.04. The summed E-state index contributed by atoms with van der Waals surface area (Å²) in [4.78, 5) is 14.9. The molecule has 2 saturated heterocycles. The number of rotatable bonds is 4. The van der Waals surface area contributed by atoms with Gasteiger partial charge in [-0.2, -0.15) is 0 Å². The van der Waals surface area contributed by atoms with E-state index in [-0.39, 0.29) is 23.5 Å². The number of aromatic nitrogens is 2. The number of piperidine rings is 1. The van der Waals surface area contributed by atoms with Gasteiger partial charge < -0.3 is 19.7 Å². The fraction of sp³-hybridized carbons (Fsp3) is 0.722. The Bertz CT molecular complexity index is 590. The van der Waals surface area contributed by atoms with Crippen molar-refractivity contribution >= 4 is 11.7 Å². The van der Waals surface area contributed by atoms with E-state index in [9.17, 15) is 4.79 Å². The molecule has 2 aliphatic heterocycles. The molecule has 7 heteroatoms. The molecule has 7 nitrogen and oxygen atoms in total.